The van der Waals surface area contributed by atoms with Crippen molar-refractivity contribution in [3.63, 3.8) is 0 Å². The summed E-state index contributed by atoms with van der Waals surface area (Å²) in [5, 5.41) is 22.5. The van der Waals surface area contributed by atoms with E-state index in [0.29, 0.717) is 17.1 Å². The molecule has 1 aliphatic rings. The lowest BCUT2D eigenvalue weighted by molar-refractivity contribution is 0.0820. The number of nitriles is 1. The highest BCUT2D eigenvalue weighted by Gasteiger charge is 2.31. The Morgan fingerprint density at radius 3 is 3.00 bits per heavy atom. The molecule has 3 nitrogen and oxygen atoms in total. The average Bonchev–Trinajstić information content (AvgIpc) is 2.74. The predicted octanol–water partition coefficient (Wildman–Crippen LogP) is 2.49. The van der Waals surface area contributed by atoms with Gasteiger partial charge in [-0.2, -0.15) is 17.0 Å². The number of hydrogen-bond donors (Lipinski definition) is 2. The Morgan fingerprint density at radius 1 is 1.59 bits per heavy atom. The van der Waals surface area contributed by atoms with Crippen LogP contribution in [0.25, 0.3) is 0 Å². The average molecular weight is 269 g/mol. The Kier molecular flexibility index (Phi) is 3.82. The third-order valence-electron chi connectivity index (χ3n) is 2.79. The largest absolute Gasteiger partial charge is 0.387 e. The smallest absolute Gasteiger partial charge is 0.101 e. The van der Waals surface area contributed by atoms with Gasteiger partial charge in [0.25, 0.3) is 0 Å². The molecule has 0 spiro atoms. The zero-order chi connectivity index (χ0) is 12.3. The van der Waals surface area contributed by atoms with Crippen molar-refractivity contribution in [3.8, 4) is 6.07 Å². The molecule has 0 saturated carbocycles. The fraction of sp³-hybridized carbons (Fsp3) is 0.417. The van der Waals surface area contributed by atoms with Gasteiger partial charge in [0.15, 0.2) is 0 Å². The van der Waals surface area contributed by atoms with E-state index in [1.807, 2.05) is 6.07 Å². The zero-order valence-corrected chi connectivity index (χ0v) is 10.8. The van der Waals surface area contributed by atoms with E-state index in [9.17, 15) is 5.11 Å². The topological polar surface area (TPSA) is 56.0 Å². The lowest BCUT2D eigenvalue weighted by atomic mass is 10.0. The van der Waals surface area contributed by atoms with Gasteiger partial charge in [-0.3, -0.25) is 0 Å². The molecule has 1 aliphatic heterocycles. The number of rotatable bonds is 3. The van der Waals surface area contributed by atoms with Crippen LogP contribution in [-0.2, 0) is 0 Å². The molecule has 2 rings (SSSR count). The molecule has 0 radical (unpaired) electrons. The van der Waals surface area contributed by atoms with Gasteiger partial charge in [0.1, 0.15) is 6.07 Å². The first-order valence-electron chi connectivity index (χ1n) is 5.37. The molecule has 90 valence electrons. The third-order valence-corrected chi connectivity index (χ3v) is 4.34. The molecule has 1 aromatic carbocycles. The van der Waals surface area contributed by atoms with Crippen molar-refractivity contribution in [1.82, 2.24) is 0 Å². The monoisotopic (exact) mass is 268 g/mol. The summed E-state index contributed by atoms with van der Waals surface area (Å²) in [7, 11) is 0. The molecule has 5 heteroatoms. The number of anilines is 1. The van der Waals surface area contributed by atoms with Crippen molar-refractivity contribution in [2.24, 2.45) is 0 Å². The molecule has 0 aliphatic carbocycles. The summed E-state index contributed by atoms with van der Waals surface area (Å²) < 4.78 is 0. The van der Waals surface area contributed by atoms with E-state index >= 15 is 0 Å². The summed E-state index contributed by atoms with van der Waals surface area (Å²) in [5.41, 5.74) is 0.678. The highest BCUT2D eigenvalue weighted by Crippen LogP contribution is 2.28. The number of nitrogens with zero attached hydrogens (tertiary/aromatic N) is 1. The highest BCUT2D eigenvalue weighted by molar-refractivity contribution is 7.99. The van der Waals surface area contributed by atoms with E-state index in [-0.39, 0.29) is 0 Å². The number of hydrogen-bond acceptors (Lipinski definition) is 4. The molecule has 2 N–H and O–H groups in total. The molecule has 0 amide bonds. The second kappa shape index (κ2) is 5.18. The summed E-state index contributed by atoms with van der Waals surface area (Å²) in [6.07, 6.45) is 0.814. The van der Waals surface area contributed by atoms with Gasteiger partial charge in [-0.25, -0.2) is 0 Å². The molecular weight excluding hydrogens is 256 g/mol. The van der Waals surface area contributed by atoms with Gasteiger partial charge >= 0.3 is 0 Å². The van der Waals surface area contributed by atoms with Gasteiger partial charge in [0.05, 0.1) is 16.2 Å². The molecular formula is C12H13ClN2OS. The molecule has 1 saturated heterocycles. The Balaban J connectivity index is 2.00. The van der Waals surface area contributed by atoms with E-state index in [2.05, 4.69) is 5.32 Å². The first kappa shape index (κ1) is 12.6. The molecule has 1 fully saturated rings. The molecule has 17 heavy (non-hydrogen) atoms. The Bertz CT molecular complexity index is 452. The van der Waals surface area contributed by atoms with Gasteiger partial charge in [-0.05, 0) is 30.4 Å². The van der Waals surface area contributed by atoms with Crippen LogP contribution in [0.1, 0.15) is 12.0 Å². The van der Waals surface area contributed by atoms with Crippen LogP contribution in [0.4, 0.5) is 5.69 Å². The van der Waals surface area contributed by atoms with E-state index in [1.165, 1.54) is 0 Å². The Hall–Kier alpha value is -0.890. The van der Waals surface area contributed by atoms with Crippen molar-refractivity contribution in [2.45, 2.75) is 12.0 Å². The van der Waals surface area contributed by atoms with Crippen LogP contribution in [0, 0.1) is 11.3 Å². The van der Waals surface area contributed by atoms with Crippen LogP contribution in [0.15, 0.2) is 18.2 Å². The third kappa shape index (κ3) is 3.06. The molecule has 0 aromatic heterocycles. The van der Waals surface area contributed by atoms with Crippen molar-refractivity contribution in [1.29, 1.82) is 5.26 Å². The predicted molar refractivity (Wildman–Crippen MR) is 71.5 cm³/mol. The van der Waals surface area contributed by atoms with Gasteiger partial charge in [-0.1, -0.05) is 11.6 Å². The highest BCUT2D eigenvalue weighted by atomic mass is 35.5. The van der Waals surface area contributed by atoms with Crippen LogP contribution < -0.4 is 5.32 Å². The van der Waals surface area contributed by atoms with E-state index in [1.54, 1.807) is 30.0 Å². The minimum Gasteiger partial charge on any atom is -0.387 e. The molecule has 0 bridgehead atoms. The lowest BCUT2D eigenvalue weighted by Gasteiger charge is -2.22. The number of aliphatic hydroxyl groups is 1. The van der Waals surface area contributed by atoms with Crippen molar-refractivity contribution in [3.05, 3.63) is 28.8 Å². The summed E-state index contributed by atoms with van der Waals surface area (Å²) in [6.45, 7) is 0.516. The SMILES string of the molecule is N#Cc1ccc(NCC2(O)CCSC2)cc1Cl. The van der Waals surface area contributed by atoms with E-state index in [0.717, 1.165) is 23.6 Å². The maximum Gasteiger partial charge on any atom is 0.101 e. The van der Waals surface area contributed by atoms with Gasteiger partial charge in [-0.15, -0.1) is 0 Å². The standard InChI is InChI=1S/C12H13ClN2OS/c13-11-5-10(2-1-9(11)6-14)15-7-12(16)3-4-17-8-12/h1-2,5,15-16H,3-4,7-8H2. The lowest BCUT2D eigenvalue weighted by Crippen LogP contribution is -2.36. The maximum atomic E-state index is 10.2. The molecule has 1 aromatic rings. The quantitative estimate of drug-likeness (QED) is 0.884. The van der Waals surface area contributed by atoms with Crippen LogP contribution in [0.5, 0.6) is 0 Å². The van der Waals surface area contributed by atoms with Crippen LogP contribution >= 0.6 is 23.4 Å². The second-order valence-electron chi connectivity index (χ2n) is 4.19. The van der Waals surface area contributed by atoms with E-state index in [4.69, 9.17) is 16.9 Å². The fourth-order valence-corrected chi connectivity index (χ4v) is 3.24. The van der Waals surface area contributed by atoms with Crippen LogP contribution in [0.3, 0.4) is 0 Å². The van der Waals surface area contributed by atoms with Crippen molar-refractivity contribution in [2.75, 3.05) is 23.4 Å². The zero-order valence-electron chi connectivity index (χ0n) is 9.24. The first-order valence-corrected chi connectivity index (χ1v) is 6.90. The summed E-state index contributed by atoms with van der Waals surface area (Å²) in [6, 6.07) is 7.21. The van der Waals surface area contributed by atoms with E-state index < -0.39 is 5.60 Å². The summed E-state index contributed by atoms with van der Waals surface area (Å²) in [4.78, 5) is 0. The number of halogens is 1. The number of nitrogens with one attached hydrogen (secondary N) is 1. The Labute approximate surface area is 110 Å². The van der Waals surface area contributed by atoms with Gasteiger partial charge in [0.2, 0.25) is 0 Å². The van der Waals surface area contributed by atoms with Gasteiger partial charge < -0.3 is 10.4 Å². The maximum absolute atomic E-state index is 10.2. The first-order chi connectivity index (χ1) is 8.13. The van der Waals surface area contributed by atoms with Crippen molar-refractivity contribution >= 4 is 29.1 Å². The summed E-state index contributed by atoms with van der Waals surface area (Å²) in [5.74, 6) is 1.77. The van der Waals surface area contributed by atoms with Crippen molar-refractivity contribution < 1.29 is 5.11 Å². The molecule has 1 unspecified atom stereocenters. The van der Waals surface area contributed by atoms with Crippen LogP contribution in [0.2, 0.25) is 5.02 Å². The fourth-order valence-electron chi connectivity index (χ4n) is 1.72. The minimum absolute atomic E-state index is 0.435. The van der Waals surface area contributed by atoms with Gasteiger partial charge in [0, 0.05) is 18.0 Å². The summed E-state index contributed by atoms with van der Waals surface area (Å²) >= 11 is 7.70. The van der Waals surface area contributed by atoms with Crippen LogP contribution in [-0.4, -0.2) is 28.8 Å². The number of benzene rings is 1. The molecule has 1 atom stereocenters. The number of thioether (sulfide) groups is 1. The second-order valence-corrected chi connectivity index (χ2v) is 5.70. The normalized spacial score (nSPS) is 23.4. The molecule has 1 heterocycles. The minimum atomic E-state index is -0.620. The Morgan fingerprint density at radius 2 is 2.41 bits per heavy atom.